The highest BCUT2D eigenvalue weighted by Crippen LogP contribution is 2.20. The highest BCUT2D eigenvalue weighted by Gasteiger charge is 2.10. The molecule has 5 nitrogen and oxygen atoms in total. The number of aromatic nitrogens is 2. The van der Waals surface area contributed by atoms with E-state index < -0.39 is 0 Å². The SMILES string of the molecule is CC(C)(C)Nc1ccnc(Nc2ccc(OCc3ccccc3)cc2)n1. The van der Waals surface area contributed by atoms with E-state index in [-0.39, 0.29) is 5.54 Å². The maximum Gasteiger partial charge on any atom is 0.229 e. The van der Waals surface area contributed by atoms with Gasteiger partial charge < -0.3 is 15.4 Å². The Morgan fingerprint density at radius 1 is 0.923 bits per heavy atom. The molecule has 134 valence electrons. The van der Waals surface area contributed by atoms with Crippen LogP contribution in [0.15, 0.2) is 66.9 Å². The summed E-state index contributed by atoms with van der Waals surface area (Å²) in [6, 6.07) is 19.7. The summed E-state index contributed by atoms with van der Waals surface area (Å²) in [6.45, 7) is 6.83. The van der Waals surface area contributed by atoms with Crippen molar-refractivity contribution in [3.05, 3.63) is 72.4 Å². The average Bonchev–Trinajstić information content (AvgIpc) is 2.61. The smallest absolute Gasteiger partial charge is 0.229 e. The van der Waals surface area contributed by atoms with Gasteiger partial charge in [0.05, 0.1) is 0 Å². The van der Waals surface area contributed by atoms with E-state index in [0.29, 0.717) is 12.6 Å². The summed E-state index contributed by atoms with van der Waals surface area (Å²) in [7, 11) is 0. The first-order valence-corrected chi connectivity index (χ1v) is 8.63. The molecular formula is C21H24N4O. The summed E-state index contributed by atoms with van der Waals surface area (Å²) >= 11 is 0. The molecule has 0 fully saturated rings. The van der Waals surface area contributed by atoms with Gasteiger partial charge in [-0.25, -0.2) is 4.98 Å². The molecule has 0 amide bonds. The van der Waals surface area contributed by atoms with E-state index in [1.54, 1.807) is 6.20 Å². The highest BCUT2D eigenvalue weighted by molar-refractivity contribution is 5.56. The third kappa shape index (κ3) is 5.48. The second-order valence-corrected chi connectivity index (χ2v) is 7.06. The van der Waals surface area contributed by atoms with Gasteiger partial charge in [-0.3, -0.25) is 0 Å². The Bertz CT molecular complexity index is 827. The Hall–Kier alpha value is -3.08. The van der Waals surface area contributed by atoms with Gasteiger partial charge >= 0.3 is 0 Å². The molecule has 0 bridgehead atoms. The quantitative estimate of drug-likeness (QED) is 0.656. The van der Waals surface area contributed by atoms with Gasteiger partial charge in [-0.1, -0.05) is 30.3 Å². The molecule has 1 aromatic heterocycles. The van der Waals surface area contributed by atoms with Gasteiger partial charge in [-0.05, 0) is 56.7 Å². The van der Waals surface area contributed by atoms with Gasteiger partial charge in [0.1, 0.15) is 18.2 Å². The van der Waals surface area contributed by atoms with Crippen LogP contribution in [0.5, 0.6) is 5.75 Å². The van der Waals surface area contributed by atoms with Crippen molar-refractivity contribution in [1.82, 2.24) is 9.97 Å². The van der Waals surface area contributed by atoms with Crippen LogP contribution in [0, 0.1) is 0 Å². The number of hydrogen-bond donors (Lipinski definition) is 2. The Balaban J connectivity index is 1.60. The molecule has 0 radical (unpaired) electrons. The molecule has 3 aromatic rings. The van der Waals surface area contributed by atoms with Gasteiger partial charge in [0.2, 0.25) is 5.95 Å². The van der Waals surface area contributed by atoms with Crippen LogP contribution in [0.3, 0.4) is 0 Å². The fraction of sp³-hybridized carbons (Fsp3) is 0.238. The Morgan fingerprint density at radius 3 is 2.35 bits per heavy atom. The van der Waals surface area contributed by atoms with Crippen molar-refractivity contribution in [3.63, 3.8) is 0 Å². The van der Waals surface area contributed by atoms with E-state index in [1.165, 1.54) is 0 Å². The van der Waals surface area contributed by atoms with E-state index >= 15 is 0 Å². The van der Waals surface area contributed by atoms with Crippen LogP contribution in [0.4, 0.5) is 17.5 Å². The summed E-state index contributed by atoms with van der Waals surface area (Å²) < 4.78 is 5.80. The van der Waals surface area contributed by atoms with Crippen molar-refractivity contribution < 1.29 is 4.74 Å². The molecule has 1 heterocycles. The second-order valence-electron chi connectivity index (χ2n) is 7.06. The molecule has 0 saturated carbocycles. The molecule has 5 heteroatoms. The predicted molar refractivity (Wildman–Crippen MR) is 106 cm³/mol. The standard InChI is InChI=1S/C21H24N4O/c1-21(2,3)25-19-13-14-22-20(24-19)23-17-9-11-18(12-10-17)26-15-16-7-5-4-6-8-16/h4-14H,15H2,1-3H3,(H2,22,23,24,25). The topological polar surface area (TPSA) is 59.1 Å². The zero-order valence-electron chi connectivity index (χ0n) is 15.4. The molecule has 2 aromatic carbocycles. The molecule has 2 N–H and O–H groups in total. The molecule has 0 saturated heterocycles. The minimum absolute atomic E-state index is 0.0522. The van der Waals surface area contributed by atoms with E-state index in [1.807, 2.05) is 60.7 Å². The number of benzene rings is 2. The number of anilines is 3. The van der Waals surface area contributed by atoms with Gasteiger partial charge in [-0.15, -0.1) is 0 Å². The number of hydrogen-bond acceptors (Lipinski definition) is 5. The number of rotatable bonds is 6. The summed E-state index contributed by atoms with van der Waals surface area (Å²) in [4.78, 5) is 8.76. The zero-order valence-corrected chi connectivity index (χ0v) is 15.4. The van der Waals surface area contributed by atoms with E-state index in [4.69, 9.17) is 4.74 Å². The molecular weight excluding hydrogens is 324 g/mol. The first kappa shape index (κ1) is 17.7. The molecule has 26 heavy (non-hydrogen) atoms. The molecule has 0 aliphatic rings. The van der Waals surface area contributed by atoms with Crippen molar-refractivity contribution in [2.24, 2.45) is 0 Å². The largest absolute Gasteiger partial charge is 0.489 e. The second kappa shape index (κ2) is 7.87. The monoisotopic (exact) mass is 348 g/mol. The molecule has 0 unspecified atom stereocenters. The van der Waals surface area contributed by atoms with Crippen LogP contribution >= 0.6 is 0 Å². The summed E-state index contributed by atoms with van der Waals surface area (Å²) in [6.07, 6.45) is 1.74. The number of nitrogens with one attached hydrogen (secondary N) is 2. The van der Waals surface area contributed by atoms with Crippen molar-refractivity contribution >= 4 is 17.5 Å². The van der Waals surface area contributed by atoms with Gasteiger partial charge in [0, 0.05) is 17.4 Å². The maximum atomic E-state index is 5.80. The van der Waals surface area contributed by atoms with E-state index in [9.17, 15) is 0 Å². The Kier molecular flexibility index (Phi) is 5.37. The minimum Gasteiger partial charge on any atom is -0.489 e. The van der Waals surface area contributed by atoms with Crippen molar-refractivity contribution in [3.8, 4) is 5.75 Å². The maximum absolute atomic E-state index is 5.80. The third-order valence-electron chi connectivity index (χ3n) is 3.52. The van der Waals surface area contributed by atoms with Gasteiger partial charge in [0.15, 0.2) is 0 Å². The van der Waals surface area contributed by atoms with Crippen LogP contribution in [0.1, 0.15) is 26.3 Å². The Labute approximate surface area is 154 Å². The van der Waals surface area contributed by atoms with E-state index in [2.05, 4.69) is 41.4 Å². The minimum atomic E-state index is -0.0522. The normalized spacial score (nSPS) is 11.0. The molecule has 0 atom stereocenters. The van der Waals surface area contributed by atoms with Crippen LogP contribution < -0.4 is 15.4 Å². The summed E-state index contributed by atoms with van der Waals surface area (Å²) in [5.41, 5.74) is 2.00. The molecule has 3 rings (SSSR count). The zero-order chi connectivity index (χ0) is 18.4. The fourth-order valence-electron chi connectivity index (χ4n) is 2.38. The van der Waals surface area contributed by atoms with Crippen molar-refractivity contribution in [1.29, 1.82) is 0 Å². The van der Waals surface area contributed by atoms with Crippen LogP contribution in [-0.2, 0) is 6.61 Å². The van der Waals surface area contributed by atoms with E-state index in [0.717, 1.165) is 22.8 Å². The summed E-state index contributed by atoms with van der Waals surface area (Å²) in [5.74, 6) is 2.17. The molecule has 0 spiro atoms. The van der Waals surface area contributed by atoms with Gasteiger partial charge in [0.25, 0.3) is 0 Å². The molecule has 0 aliphatic carbocycles. The fourth-order valence-corrected chi connectivity index (χ4v) is 2.38. The average molecular weight is 348 g/mol. The lowest BCUT2D eigenvalue weighted by Crippen LogP contribution is -2.26. The third-order valence-corrected chi connectivity index (χ3v) is 3.52. The lowest BCUT2D eigenvalue weighted by Gasteiger charge is -2.21. The van der Waals surface area contributed by atoms with Crippen LogP contribution in [-0.4, -0.2) is 15.5 Å². The highest BCUT2D eigenvalue weighted by atomic mass is 16.5. The first-order chi connectivity index (χ1) is 12.5. The van der Waals surface area contributed by atoms with Crippen molar-refractivity contribution in [2.45, 2.75) is 32.9 Å². The first-order valence-electron chi connectivity index (χ1n) is 8.63. The predicted octanol–water partition coefficient (Wildman–Crippen LogP) is 5.01. The lowest BCUT2D eigenvalue weighted by atomic mass is 10.1. The van der Waals surface area contributed by atoms with Crippen LogP contribution in [0.2, 0.25) is 0 Å². The van der Waals surface area contributed by atoms with Gasteiger partial charge in [-0.2, -0.15) is 4.98 Å². The van der Waals surface area contributed by atoms with Crippen molar-refractivity contribution in [2.75, 3.05) is 10.6 Å². The lowest BCUT2D eigenvalue weighted by molar-refractivity contribution is 0.306. The number of nitrogens with zero attached hydrogens (tertiary/aromatic N) is 2. The summed E-state index contributed by atoms with van der Waals surface area (Å²) in [5, 5.41) is 6.55. The van der Waals surface area contributed by atoms with Crippen LogP contribution in [0.25, 0.3) is 0 Å². The number of ether oxygens (including phenoxy) is 1. The molecule has 0 aliphatic heterocycles. The Morgan fingerprint density at radius 2 is 1.65 bits per heavy atom.